The van der Waals surface area contributed by atoms with Gasteiger partial charge in [0.2, 0.25) is 0 Å². The van der Waals surface area contributed by atoms with Crippen LogP contribution in [-0.2, 0) is 6.42 Å². The van der Waals surface area contributed by atoms with E-state index in [-0.39, 0.29) is 0 Å². The van der Waals surface area contributed by atoms with Gasteiger partial charge < -0.3 is 4.57 Å². The number of nitrogens with zero attached hydrogens (tertiary/aromatic N) is 1. The monoisotopic (exact) mass is 355 g/mol. The molecule has 0 radical (unpaired) electrons. The van der Waals surface area contributed by atoms with E-state index >= 15 is 0 Å². The minimum Gasteiger partial charge on any atom is -0.309 e. The fraction of sp³-hybridized carbons (Fsp3) is 0.308. The average molecular weight is 356 g/mol. The highest BCUT2D eigenvalue weighted by atomic mass is 15.0. The van der Waals surface area contributed by atoms with Gasteiger partial charge in [-0.05, 0) is 67.6 Å². The highest BCUT2D eigenvalue weighted by Gasteiger charge is 2.12. The molecule has 0 aliphatic rings. The molecule has 0 aliphatic carbocycles. The molecule has 0 saturated heterocycles. The number of hydrogen-bond donors (Lipinski definition) is 0. The van der Waals surface area contributed by atoms with Crippen LogP contribution in [0.4, 0.5) is 0 Å². The Kier molecular flexibility index (Phi) is 5.03. The van der Waals surface area contributed by atoms with Crippen molar-refractivity contribution in [1.29, 1.82) is 0 Å². The molecule has 0 atom stereocenters. The van der Waals surface area contributed by atoms with Crippen molar-refractivity contribution in [2.75, 3.05) is 0 Å². The summed E-state index contributed by atoms with van der Waals surface area (Å²) in [5, 5.41) is 2.67. The topological polar surface area (TPSA) is 4.93 Å². The molecule has 0 spiro atoms. The summed E-state index contributed by atoms with van der Waals surface area (Å²) in [6, 6.07) is 22.8. The lowest BCUT2D eigenvalue weighted by Crippen LogP contribution is -1.95. The molecule has 3 aromatic carbocycles. The van der Waals surface area contributed by atoms with Gasteiger partial charge in [-0.25, -0.2) is 0 Å². The Labute approximate surface area is 162 Å². The van der Waals surface area contributed by atoms with E-state index in [1.165, 1.54) is 76.3 Å². The maximum Gasteiger partial charge on any atom is 0.0543 e. The zero-order chi connectivity index (χ0) is 18.8. The summed E-state index contributed by atoms with van der Waals surface area (Å²) >= 11 is 0. The van der Waals surface area contributed by atoms with Gasteiger partial charge in [-0.3, -0.25) is 0 Å². The Morgan fingerprint density at radius 1 is 0.667 bits per heavy atom. The van der Waals surface area contributed by atoms with Gasteiger partial charge in [-0.2, -0.15) is 0 Å². The van der Waals surface area contributed by atoms with Crippen molar-refractivity contribution < 1.29 is 0 Å². The van der Waals surface area contributed by atoms with Crippen LogP contribution in [0.1, 0.15) is 49.3 Å². The standard InChI is InChI=1S/C26H29N/c1-4-5-6-7-8-21-11-13-22(14-12-21)27-25-17-19(2)9-15-23(25)24-16-10-20(3)18-26(24)27/h9-18H,4-8H2,1-3H3. The van der Waals surface area contributed by atoms with Crippen molar-refractivity contribution in [3.63, 3.8) is 0 Å². The van der Waals surface area contributed by atoms with Crippen LogP contribution >= 0.6 is 0 Å². The summed E-state index contributed by atoms with van der Waals surface area (Å²) in [7, 11) is 0. The van der Waals surface area contributed by atoms with Crippen LogP contribution in [0, 0.1) is 13.8 Å². The molecule has 0 bridgehead atoms. The van der Waals surface area contributed by atoms with Crippen LogP contribution < -0.4 is 0 Å². The molecule has 1 heterocycles. The van der Waals surface area contributed by atoms with Gasteiger partial charge in [0.1, 0.15) is 0 Å². The zero-order valence-electron chi connectivity index (χ0n) is 16.8. The Balaban J connectivity index is 1.77. The van der Waals surface area contributed by atoms with Gasteiger partial charge in [0, 0.05) is 16.5 Å². The molecule has 0 saturated carbocycles. The molecule has 0 N–H and O–H groups in total. The summed E-state index contributed by atoms with van der Waals surface area (Å²) < 4.78 is 2.42. The van der Waals surface area contributed by atoms with E-state index in [0.29, 0.717) is 0 Å². The molecular weight excluding hydrogens is 326 g/mol. The summed E-state index contributed by atoms with van der Waals surface area (Å²) in [5.74, 6) is 0. The molecule has 138 valence electrons. The first-order valence-electron chi connectivity index (χ1n) is 10.3. The van der Waals surface area contributed by atoms with Crippen LogP contribution in [0.3, 0.4) is 0 Å². The molecule has 27 heavy (non-hydrogen) atoms. The second-order valence-electron chi connectivity index (χ2n) is 7.85. The second-order valence-corrected chi connectivity index (χ2v) is 7.85. The van der Waals surface area contributed by atoms with Gasteiger partial charge >= 0.3 is 0 Å². The van der Waals surface area contributed by atoms with Crippen molar-refractivity contribution >= 4 is 21.8 Å². The van der Waals surface area contributed by atoms with E-state index in [1.54, 1.807) is 0 Å². The second kappa shape index (κ2) is 7.60. The number of benzene rings is 3. The molecule has 0 fully saturated rings. The van der Waals surface area contributed by atoms with Crippen LogP contribution in [-0.4, -0.2) is 4.57 Å². The average Bonchev–Trinajstić information content (AvgIpc) is 2.98. The Morgan fingerprint density at radius 3 is 1.81 bits per heavy atom. The lowest BCUT2D eigenvalue weighted by atomic mass is 10.1. The fourth-order valence-corrected chi connectivity index (χ4v) is 4.08. The van der Waals surface area contributed by atoms with Crippen molar-refractivity contribution in [3.05, 3.63) is 77.4 Å². The number of fused-ring (bicyclic) bond motifs is 3. The van der Waals surface area contributed by atoms with Crippen molar-refractivity contribution in [1.82, 2.24) is 4.57 Å². The van der Waals surface area contributed by atoms with Gasteiger partial charge in [-0.1, -0.05) is 62.6 Å². The molecule has 0 amide bonds. The Morgan fingerprint density at radius 2 is 1.26 bits per heavy atom. The van der Waals surface area contributed by atoms with Crippen LogP contribution in [0.2, 0.25) is 0 Å². The number of aromatic nitrogens is 1. The Hall–Kier alpha value is -2.54. The minimum absolute atomic E-state index is 1.19. The van der Waals surface area contributed by atoms with E-state index < -0.39 is 0 Å². The number of unbranched alkanes of at least 4 members (excludes halogenated alkanes) is 3. The third-order valence-corrected chi connectivity index (χ3v) is 5.59. The molecule has 1 aromatic heterocycles. The predicted molar refractivity (Wildman–Crippen MR) is 118 cm³/mol. The SMILES string of the molecule is CCCCCCc1ccc(-n2c3cc(C)ccc3c3ccc(C)cc32)cc1. The van der Waals surface area contributed by atoms with Gasteiger partial charge in [0.25, 0.3) is 0 Å². The van der Waals surface area contributed by atoms with E-state index in [2.05, 4.69) is 86.0 Å². The van der Waals surface area contributed by atoms with Gasteiger partial charge in [-0.15, -0.1) is 0 Å². The number of hydrogen-bond acceptors (Lipinski definition) is 0. The summed E-state index contributed by atoms with van der Waals surface area (Å²) in [6.07, 6.45) is 6.46. The highest BCUT2D eigenvalue weighted by molar-refractivity contribution is 6.09. The van der Waals surface area contributed by atoms with Crippen molar-refractivity contribution in [2.24, 2.45) is 0 Å². The lowest BCUT2D eigenvalue weighted by Gasteiger charge is -2.10. The zero-order valence-corrected chi connectivity index (χ0v) is 16.8. The highest BCUT2D eigenvalue weighted by Crippen LogP contribution is 2.33. The molecule has 1 heteroatoms. The van der Waals surface area contributed by atoms with E-state index in [1.807, 2.05) is 0 Å². The summed E-state index contributed by atoms with van der Waals surface area (Å²) in [5.41, 5.74) is 7.90. The summed E-state index contributed by atoms with van der Waals surface area (Å²) in [6.45, 7) is 6.61. The maximum atomic E-state index is 2.42. The van der Waals surface area contributed by atoms with E-state index in [0.717, 1.165) is 0 Å². The number of aryl methyl sites for hydroxylation is 3. The quantitative estimate of drug-likeness (QED) is 0.315. The van der Waals surface area contributed by atoms with Crippen LogP contribution in [0.25, 0.3) is 27.5 Å². The van der Waals surface area contributed by atoms with E-state index in [4.69, 9.17) is 0 Å². The molecule has 0 unspecified atom stereocenters. The van der Waals surface area contributed by atoms with Gasteiger partial charge in [0.15, 0.2) is 0 Å². The first-order chi connectivity index (χ1) is 13.2. The third-order valence-electron chi connectivity index (χ3n) is 5.59. The van der Waals surface area contributed by atoms with Crippen molar-refractivity contribution in [3.8, 4) is 5.69 Å². The van der Waals surface area contributed by atoms with Crippen molar-refractivity contribution in [2.45, 2.75) is 52.9 Å². The molecular formula is C26H29N. The van der Waals surface area contributed by atoms with Gasteiger partial charge in [0.05, 0.1) is 11.0 Å². The fourth-order valence-electron chi connectivity index (χ4n) is 4.08. The molecule has 1 nitrogen and oxygen atoms in total. The lowest BCUT2D eigenvalue weighted by molar-refractivity contribution is 0.667. The summed E-state index contributed by atoms with van der Waals surface area (Å²) in [4.78, 5) is 0. The van der Waals surface area contributed by atoms with E-state index in [9.17, 15) is 0 Å². The maximum absolute atomic E-state index is 2.42. The Bertz CT molecular complexity index is 1010. The van der Waals surface area contributed by atoms with Crippen LogP contribution in [0.15, 0.2) is 60.7 Å². The molecule has 0 aliphatic heterocycles. The molecule has 4 rings (SSSR count). The minimum atomic E-state index is 1.19. The first kappa shape index (κ1) is 17.9. The number of rotatable bonds is 6. The predicted octanol–water partition coefficient (Wildman–Crippen LogP) is 7.52. The largest absolute Gasteiger partial charge is 0.309 e. The van der Waals surface area contributed by atoms with Crippen LogP contribution in [0.5, 0.6) is 0 Å². The first-order valence-corrected chi connectivity index (χ1v) is 10.3. The molecule has 4 aromatic rings. The normalized spacial score (nSPS) is 11.5. The smallest absolute Gasteiger partial charge is 0.0543 e. The third kappa shape index (κ3) is 3.51.